The number of benzene rings is 1. The molecule has 82 valence electrons. The van der Waals surface area contributed by atoms with Crippen molar-refractivity contribution in [2.24, 2.45) is 0 Å². The van der Waals surface area contributed by atoms with Crippen molar-refractivity contribution in [3.8, 4) is 6.07 Å². The molecule has 1 aromatic carbocycles. The zero-order valence-corrected chi connectivity index (χ0v) is 8.56. The first-order chi connectivity index (χ1) is 7.58. The van der Waals surface area contributed by atoms with Gasteiger partial charge in [-0.15, -0.1) is 0 Å². The molecular weight excluding hydrogens is 210 g/mol. The number of carbonyl (C=O) groups is 2. The van der Waals surface area contributed by atoms with E-state index in [2.05, 4.69) is 0 Å². The lowest BCUT2D eigenvalue weighted by molar-refractivity contribution is 0.0526. The van der Waals surface area contributed by atoms with E-state index in [9.17, 15) is 9.59 Å². The van der Waals surface area contributed by atoms with Gasteiger partial charge < -0.3 is 9.84 Å². The third kappa shape index (κ3) is 2.58. The Kier molecular flexibility index (Phi) is 3.62. The number of aromatic carboxylic acids is 1. The quantitative estimate of drug-likeness (QED) is 0.777. The molecule has 16 heavy (non-hydrogen) atoms. The number of nitriles is 1. The standard InChI is InChI=1S/C11H9NO4/c1-2-16-11(15)9-4-7(6-12)3-8(5-9)10(13)14/h3-5H,2H2,1H3,(H,13,14). The van der Waals surface area contributed by atoms with Gasteiger partial charge in [-0.2, -0.15) is 5.26 Å². The molecule has 1 aromatic rings. The highest BCUT2D eigenvalue weighted by molar-refractivity contribution is 5.95. The Morgan fingerprint density at radius 3 is 2.50 bits per heavy atom. The molecule has 0 unspecified atom stereocenters. The summed E-state index contributed by atoms with van der Waals surface area (Å²) in [7, 11) is 0. The summed E-state index contributed by atoms with van der Waals surface area (Å²) in [6.45, 7) is 1.84. The number of esters is 1. The minimum atomic E-state index is -1.19. The molecule has 0 saturated heterocycles. The lowest BCUT2D eigenvalue weighted by Gasteiger charge is -2.03. The molecule has 1 N–H and O–H groups in total. The Balaban J connectivity index is 3.20. The van der Waals surface area contributed by atoms with Crippen LogP contribution in [0.1, 0.15) is 33.2 Å². The number of rotatable bonds is 3. The fraction of sp³-hybridized carbons (Fsp3) is 0.182. The van der Waals surface area contributed by atoms with Gasteiger partial charge in [0.2, 0.25) is 0 Å². The van der Waals surface area contributed by atoms with Gasteiger partial charge in [0.15, 0.2) is 0 Å². The van der Waals surface area contributed by atoms with E-state index in [1.54, 1.807) is 13.0 Å². The summed E-state index contributed by atoms with van der Waals surface area (Å²) in [6, 6.07) is 5.47. The van der Waals surface area contributed by atoms with Crippen LogP contribution in [0.3, 0.4) is 0 Å². The topological polar surface area (TPSA) is 87.4 Å². The Morgan fingerprint density at radius 2 is 2.00 bits per heavy atom. The third-order valence-electron chi connectivity index (χ3n) is 1.82. The minimum Gasteiger partial charge on any atom is -0.478 e. The molecule has 0 spiro atoms. The van der Waals surface area contributed by atoms with E-state index in [4.69, 9.17) is 15.1 Å². The van der Waals surface area contributed by atoms with Crippen LogP contribution in [0, 0.1) is 11.3 Å². The van der Waals surface area contributed by atoms with E-state index < -0.39 is 11.9 Å². The summed E-state index contributed by atoms with van der Waals surface area (Å²) in [5.41, 5.74) is 0.0726. The zero-order valence-electron chi connectivity index (χ0n) is 8.56. The molecule has 0 amide bonds. The van der Waals surface area contributed by atoms with E-state index in [0.29, 0.717) is 0 Å². The SMILES string of the molecule is CCOC(=O)c1cc(C#N)cc(C(=O)O)c1. The molecule has 1 rings (SSSR count). The van der Waals surface area contributed by atoms with Crippen molar-refractivity contribution in [3.63, 3.8) is 0 Å². The van der Waals surface area contributed by atoms with Crippen molar-refractivity contribution in [1.29, 1.82) is 5.26 Å². The van der Waals surface area contributed by atoms with Crippen molar-refractivity contribution >= 4 is 11.9 Å². The lowest BCUT2D eigenvalue weighted by Crippen LogP contribution is -2.07. The van der Waals surface area contributed by atoms with Gasteiger partial charge in [0.25, 0.3) is 0 Å². The fourth-order valence-electron chi connectivity index (χ4n) is 1.15. The summed E-state index contributed by atoms with van der Waals surface area (Å²) in [6.07, 6.45) is 0. The summed E-state index contributed by atoms with van der Waals surface area (Å²) < 4.78 is 4.72. The number of carboxylic acid groups (broad SMARTS) is 1. The minimum absolute atomic E-state index is 0.0679. The normalized spacial score (nSPS) is 9.25. The summed E-state index contributed by atoms with van der Waals surface area (Å²) in [5.74, 6) is -1.83. The molecule has 0 heterocycles. The van der Waals surface area contributed by atoms with Gasteiger partial charge in [0.1, 0.15) is 0 Å². The van der Waals surface area contributed by atoms with Gasteiger partial charge in [0.05, 0.1) is 29.4 Å². The van der Waals surface area contributed by atoms with E-state index in [-0.39, 0.29) is 23.3 Å². The Labute approximate surface area is 91.9 Å². The summed E-state index contributed by atoms with van der Waals surface area (Å²) in [5, 5.41) is 17.5. The second-order valence-corrected chi connectivity index (χ2v) is 2.94. The number of hydrogen-bond donors (Lipinski definition) is 1. The van der Waals surface area contributed by atoms with Crippen LogP contribution in [-0.2, 0) is 4.74 Å². The van der Waals surface area contributed by atoms with Crippen LogP contribution in [0.4, 0.5) is 0 Å². The first-order valence-electron chi connectivity index (χ1n) is 4.54. The second-order valence-electron chi connectivity index (χ2n) is 2.94. The molecule has 5 nitrogen and oxygen atoms in total. The van der Waals surface area contributed by atoms with Gasteiger partial charge in [-0.1, -0.05) is 0 Å². The number of ether oxygens (including phenoxy) is 1. The largest absolute Gasteiger partial charge is 0.478 e. The fourth-order valence-corrected chi connectivity index (χ4v) is 1.15. The zero-order chi connectivity index (χ0) is 12.1. The Bertz CT molecular complexity index is 473. The average molecular weight is 219 g/mol. The maximum absolute atomic E-state index is 11.4. The van der Waals surface area contributed by atoms with E-state index in [1.807, 2.05) is 0 Å². The highest BCUT2D eigenvalue weighted by Crippen LogP contribution is 2.11. The van der Waals surface area contributed by atoms with Crippen LogP contribution < -0.4 is 0 Å². The number of carboxylic acids is 1. The molecule has 0 aromatic heterocycles. The molecule has 5 heteroatoms. The predicted octanol–water partition coefficient (Wildman–Crippen LogP) is 1.43. The molecule has 0 fully saturated rings. The van der Waals surface area contributed by atoms with Crippen molar-refractivity contribution in [2.75, 3.05) is 6.61 Å². The van der Waals surface area contributed by atoms with Crippen LogP contribution in [0.2, 0.25) is 0 Å². The highest BCUT2D eigenvalue weighted by atomic mass is 16.5. The Morgan fingerprint density at radius 1 is 1.38 bits per heavy atom. The maximum atomic E-state index is 11.4. The van der Waals surface area contributed by atoms with Crippen LogP contribution in [0.5, 0.6) is 0 Å². The molecular formula is C11H9NO4. The Hall–Kier alpha value is -2.35. The van der Waals surface area contributed by atoms with Crippen molar-refractivity contribution in [2.45, 2.75) is 6.92 Å². The number of hydrogen-bond acceptors (Lipinski definition) is 4. The smallest absolute Gasteiger partial charge is 0.338 e. The third-order valence-corrected chi connectivity index (χ3v) is 1.82. The predicted molar refractivity (Wildman–Crippen MR) is 54.1 cm³/mol. The van der Waals surface area contributed by atoms with Crippen LogP contribution in [-0.4, -0.2) is 23.7 Å². The van der Waals surface area contributed by atoms with E-state index in [0.717, 1.165) is 0 Å². The molecule has 0 aliphatic carbocycles. The lowest BCUT2D eigenvalue weighted by atomic mass is 10.1. The molecule has 0 radical (unpaired) electrons. The maximum Gasteiger partial charge on any atom is 0.338 e. The second kappa shape index (κ2) is 4.94. The van der Waals surface area contributed by atoms with Crippen molar-refractivity contribution < 1.29 is 19.4 Å². The van der Waals surface area contributed by atoms with Crippen molar-refractivity contribution in [1.82, 2.24) is 0 Å². The van der Waals surface area contributed by atoms with Gasteiger partial charge in [-0.05, 0) is 25.1 Å². The van der Waals surface area contributed by atoms with Crippen LogP contribution in [0.25, 0.3) is 0 Å². The molecule has 0 aliphatic rings. The molecule has 0 atom stereocenters. The van der Waals surface area contributed by atoms with Gasteiger partial charge in [-0.3, -0.25) is 0 Å². The van der Waals surface area contributed by atoms with E-state index >= 15 is 0 Å². The van der Waals surface area contributed by atoms with Crippen LogP contribution >= 0.6 is 0 Å². The summed E-state index contributed by atoms with van der Waals surface area (Å²) >= 11 is 0. The monoisotopic (exact) mass is 219 g/mol. The number of nitrogens with zero attached hydrogens (tertiary/aromatic N) is 1. The average Bonchev–Trinajstić information content (AvgIpc) is 2.28. The first kappa shape index (κ1) is 11.7. The van der Waals surface area contributed by atoms with Gasteiger partial charge in [0, 0.05) is 0 Å². The number of carbonyl (C=O) groups excluding carboxylic acids is 1. The van der Waals surface area contributed by atoms with Gasteiger partial charge >= 0.3 is 11.9 Å². The summed E-state index contributed by atoms with van der Waals surface area (Å²) in [4.78, 5) is 22.1. The van der Waals surface area contributed by atoms with E-state index in [1.165, 1.54) is 18.2 Å². The van der Waals surface area contributed by atoms with Crippen molar-refractivity contribution in [3.05, 3.63) is 34.9 Å². The van der Waals surface area contributed by atoms with Crippen LogP contribution in [0.15, 0.2) is 18.2 Å². The molecule has 0 aliphatic heterocycles. The highest BCUT2D eigenvalue weighted by Gasteiger charge is 2.12. The molecule has 0 saturated carbocycles. The first-order valence-corrected chi connectivity index (χ1v) is 4.54. The molecule has 0 bridgehead atoms. The van der Waals surface area contributed by atoms with Gasteiger partial charge in [-0.25, -0.2) is 9.59 Å².